The van der Waals surface area contributed by atoms with E-state index < -0.39 is 63.8 Å². The number of carbonyl (C=O) groups is 4. The maximum absolute atomic E-state index is 16.3. The van der Waals surface area contributed by atoms with Gasteiger partial charge >= 0.3 is 12.1 Å². The third kappa shape index (κ3) is 6.59. The van der Waals surface area contributed by atoms with Gasteiger partial charge in [0.15, 0.2) is 24.0 Å². The Morgan fingerprint density at radius 3 is 2.46 bits per heavy atom. The molecular weight excluding hydrogens is 762 g/mol. The van der Waals surface area contributed by atoms with Crippen LogP contribution >= 0.6 is 0 Å². The van der Waals surface area contributed by atoms with Gasteiger partial charge in [0.1, 0.15) is 22.5 Å². The summed E-state index contributed by atoms with van der Waals surface area (Å²) >= 11 is 0. The van der Waals surface area contributed by atoms with Crippen LogP contribution < -0.4 is 15.1 Å². The van der Waals surface area contributed by atoms with Gasteiger partial charge < -0.3 is 38.8 Å². The summed E-state index contributed by atoms with van der Waals surface area (Å²) in [7, 11) is 1.40. The number of aromatic nitrogens is 1. The van der Waals surface area contributed by atoms with Crippen molar-refractivity contribution >= 4 is 40.2 Å². The largest absolute Gasteiger partial charge is 0.492 e. The Balaban J connectivity index is 1.03. The first kappa shape index (κ1) is 41.2. The number of hydrogen-bond donors (Lipinski definition) is 2. The molecule has 0 spiro atoms. The van der Waals surface area contributed by atoms with E-state index >= 15 is 4.39 Å². The number of ketones is 2. The number of Topliss-reactive ketones (excluding diaryl/α,β-unsaturated/α-hetero) is 1. The van der Waals surface area contributed by atoms with Crippen molar-refractivity contribution in [2.75, 3.05) is 38.3 Å². The molecule has 2 aromatic rings. The van der Waals surface area contributed by atoms with Gasteiger partial charge in [-0.25, -0.2) is 14.0 Å². The van der Waals surface area contributed by atoms with Crippen LogP contribution in [-0.2, 0) is 19.1 Å². The fourth-order valence-electron chi connectivity index (χ4n) is 11.6. The molecule has 1 aromatic carbocycles. The number of rotatable bonds is 7. The summed E-state index contributed by atoms with van der Waals surface area (Å²) in [5.74, 6) is -2.71. The van der Waals surface area contributed by atoms with Crippen LogP contribution in [0.5, 0.6) is 5.75 Å². The van der Waals surface area contributed by atoms with Gasteiger partial charge in [-0.15, -0.1) is 0 Å². The zero-order valence-electron chi connectivity index (χ0n) is 35.0. The van der Waals surface area contributed by atoms with Crippen LogP contribution in [0.15, 0.2) is 40.9 Å². The van der Waals surface area contributed by atoms with Crippen LogP contribution in [0.4, 0.5) is 14.9 Å². The molecule has 59 heavy (non-hydrogen) atoms. The van der Waals surface area contributed by atoms with Crippen molar-refractivity contribution in [3.8, 4) is 5.75 Å². The van der Waals surface area contributed by atoms with Crippen LogP contribution in [0, 0.1) is 34.4 Å². The number of aliphatic hydroxyl groups excluding tert-OH is 1. The fraction of sp³-hybridized carbons (Fsp3) is 0.622. The second kappa shape index (κ2) is 14.3. The van der Waals surface area contributed by atoms with Crippen molar-refractivity contribution in [1.29, 1.82) is 0 Å². The van der Waals surface area contributed by atoms with E-state index in [9.17, 15) is 34.2 Å². The molecule has 0 bridgehead atoms. The average molecular weight is 818 g/mol. The lowest BCUT2D eigenvalue weighted by molar-refractivity contribution is -0.178. The highest BCUT2D eigenvalue weighted by Gasteiger charge is 2.68. The highest BCUT2D eigenvalue weighted by Crippen LogP contribution is 2.67. The number of carbonyl (C=O) groups excluding carboxylic acids is 4. The first-order chi connectivity index (χ1) is 27.7. The minimum absolute atomic E-state index is 0.00485. The van der Waals surface area contributed by atoms with Crippen molar-refractivity contribution in [3.05, 3.63) is 57.7 Å². The van der Waals surface area contributed by atoms with Crippen LogP contribution in [0.2, 0.25) is 0 Å². The van der Waals surface area contributed by atoms with Gasteiger partial charge in [0.05, 0.1) is 24.1 Å². The molecule has 1 amide bonds. The number of esters is 1. The van der Waals surface area contributed by atoms with Gasteiger partial charge in [-0.3, -0.25) is 14.4 Å². The van der Waals surface area contributed by atoms with Crippen LogP contribution in [0.25, 0.3) is 10.9 Å². The van der Waals surface area contributed by atoms with Gasteiger partial charge in [-0.2, -0.15) is 0 Å². The summed E-state index contributed by atoms with van der Waals surface area (Å²) in [6, 6.07) is 0.677. The molecule has 1 aliphatic heterocycles. The molecule has 1 saturated heterocycles. The highest BCUT2D eigenvalue weighted by atomic mass is 19.1. The Hall–Kier alpha value is -4.56. The molecule has 6 aliphatic rings. The lowest BCUT2D eigenvalue weighted by Gasteiger charge is -2.59. The predicted octanol–water partition coefficient (Wildman–Crippen LogP) is 5.67. The Labute approximate surface area is 343 Å². The highest BCUT2D eigenvalue weighted by molar-refractivity contribution is 6.01. The van der Waals surface area contributed by atoms with Crippen molar-refractivity contribution < 1.29 is 48.0 Å². The number of benzene rings is 1. The molecule has 4 saturated carbocycles. The van der Waals surface area contributed by atoms with Gasteiger partial charge in [-0.05, 0) is 103 Å². The molecule has 0 radical (unpaired) electrons. The third-order valence-electron chi connectivity index (χ3n) is 14.6. The van der Waals surface area contributed by atoms with Gasteiger partial charge in [-0.1, -0.05) is 25.5 Å². The van der Waals surface area contributed by atoms with Crippen molar-refractivity contribution in [2.45, 2.75) is 116 Å². The SMILES string of the molecule is COc1c(N2CCN(C(=O)OC(C)(C)C)C(C)C2)c(F)cc2c(=O)c(C(=O)OCC(=O)[C@]3(O)CC[C@@H]4[C@H]5CCC6=CC(=O)C=C[C@@]6(C)[C@@H]5[C@H](O)C[C@]43C)cn(C3CC3)c12. The number of halogens is 1. The molecule has 8 atom stereocenters. The third-order valence-corrected chi connectivity index (χ3v) is 14.6. The van der Waals surface area contributed by atoms with Crippen molar-refractivity contribution in [1.82, 2.24) is 9.47 Å². The number of allylic oxidation sites excluding steroid dienone is 4. The standard InChI is InChI=1S/C45H56FN3O10/c1-24-21-47(16-17-48(24)41(55)59-42(2,3)4)37-32(46)19-29-36(39(37)57-7)49(26-9-10-26)22-30(38(29)53)40(54)58-23-34(52)45(56)15-13-31-28-11-8-25-18-27(50)12-14-43(25,5)35(28)33(51)20-44(31,45)6/h12,14,18-19,22,24,26,28,31,33,35,51,56H,8-11,13,15-17,20-21,23H2,1-7H3/t24?,28-,31-,33-,35+,43-,44-,45-/m1/s1. The molecule has 5 fully saturated rings. The van der Waals surface area contributed by atoms with E-state index in [0.717, 1.165) is 30.9 Å². The van der Waals surface area contributed by atoms with Crippen LogP contribution in [0.3, 0.4) is 0 Å². The number of piperazine rings is 1. The first-order valence-electron chi connectivity index (χ1n) is 21.0. The normalized spacial score (nSPS) is 32.9. The molecule has 1 unspecified atom stereocenters. The maximum Gasteiger partial charge on any atom is 0.410 e. The molecule has 318 valence electrons. The summed E-state index contributed by atoms with van der Waals surface area (Å²) in [5, 5.41) is 23.9. The molecular formula is C45H56FN3O10. The molecule has 2 N–H and O–H groups in total. The molecule has 5 aliphatic carbocycles. The Morgan fingerprint density at radius 1 is 1.07 bits per heavy atom. The number of hydrogen-bond acceptors (Lipinski definition) is 11. The summed E-state index contributed by atoms with van der Waals surface area (Å²) in [6.45, 7) is 11.2. The van der Waals surface area contributed by atoms with Gasteiger partial charge in [0, 0.05) is 54.7 Å². The van der Waals surface area contributed by atoms with Gasteiger partial charge in [0.25, 0.3) is 0 Å². The Bertz CT molecular complexity index is 2260. The molecule has 14 heteroatoms. The maximum atomic E-state index is 16.3. The van der Waals surface area contributed by atoms with Gasteiger partial charge in [0.2, 0.25) is 11.2 Å². The topological polar surface area (TPSA) is 165 Å². The number of fused-ring (bicyclic) bond motifs is 6. The number of aliphatic hydroxyl groups is 2. The van der Waals surface area contributed by atoms with Crippen molar-refractivity contribution in [2.24, 2.45) is 28.6 Å². The molecule has 2 heterocycles. The number of ether oxygens (including phenoxy) is 3. The second-order valence-corrected chi connectivity index (χ2v) is 19.2. The molecule has 13 nitrogen and oxygen atoms in total. The number of anilines is 1. The van der Waals surface area contributed by atoms with E-state index in [1.54, 1.807) is 47.3 Å². The van der Waals surface area contributed by atoms with E-state index in [1.165, 1.54) is 13.3 Å². The number of methoxy groups -OCH3 is 1. The minimum Gasteiger partial charge on any atom is -0.492 e. The van der Waals surface area contributed by atoms with Crippen LogP contribution in [-0.4, -0.2) is 100 Å². The van der Waals surface area contributed by atoms with Crippen molar-refractivity contribution in [3.63, 3.8) is 0 Å². The van der Waals surface area contributed by atoms with Crippen LogP contribution in [0.1, 0.15) is 103 Å². The number of amides is 1. The molecule has 8 rings (SSSR count). The Morgan fingerprint density at radius 2 is 1.80 bits per heavy atom. The zero-order chi connectivity index (χ0) is 42.6. The first-order valence-corrected chi connectivity index (χ1v) is 21.0. The average Bonchev–Trinajstić information content (AvgIpc) is 3.97. The number of pyridine rings is 1. The Kier molecular flexibility index (Phi) is 9.97. The summed E-state index contributed by atoms with van der Waals surface area (Å²) < 4.78 is 35.0. The summed E-state index contributed by atoms with van der Waals surface area (Å²) in [6.07, 6.45) is 8.97. The quantitative estimate of drug-likeness (QED) is 0.331. The lowest BCUT2D eigenvalue weighted by Crippen LogP contribution is -2.61. The fourth-order valence-corrected chi connectivity index (χ4v) is 11.6. The summed E-state index contributed by atoms with van der Waals surface area (Å²) in [4.78, 5) is 70.4. The van der Waals surface area contributed by atoms with E-state index in [1.807, 2.05) is 19.9 Å². The monoisotopic (exact) mass is 817 g/mol. The minimum atomic E-state index is -1.89. The predicted molar refractivity (Wildman–Crippen MR) is 216 cm³/mol. The van der Waals surface area contributed by atoms with E-state index in [2.05, 4.69) is 6.92 Å². The number of nitrogens with zero attached hydrogens (tertiary/aromatic N) is 3. The summed E-state index contributed by atoms with van der Waals surface area (Å²) in [5.41, 5.74) is -3.75. The van der Waals surface area contributed by atoms with E-state index in [-0.39, 0.29) is 90.5 Å². The molecule has 1 aromatic heterocycles. The van der Waals surface area contributed by atoms with E-state index in [4.69, 9.17) is 14.2 Å². The lowest BCUT2D eigenvalue weighted by atomic mass is 9.46. The smallest absolute Gasteiger partial charge is 0.410 e. The zero-order valence-corrected chi connectivity index (χ0v) is 35.0. The van der Waals surface area contributed by atoms with E-state index in [0.29, 0.717) is 18.4 Å². The second-order valence-electron chi connectivity index (χ2n) is 19.2.